The first kappa shape index (κ1) is 13.5. The summed E-state index contributed by atoms with van der Waals surface area (Å²) in [6.45, 7) is 3.73. The SMILES string of the molecule is CCC(CCC(C)=O)c1cc(Cl)cc(Cl)c1. The zero-order valence-electron chi connectivity index (χ0n) is 9.59. The summed E-state index contributed by atoms with van der Waals surface area (Å²) in [5.74, 6) is 0.590. The molecule has 3 heteroatoms. The predicted molar refractivity (Wildman–Crippen MR) is 69.4 cm³/mol. The molecule has 0 heterocycles. The standard InChI is InChI=1S/C13H16Cl2O/c1-3-10(5-4-9(2)16)11-6-12(14)8-13(15)7-11/h6-8,10H,3-5H2,1-2H3. The van der Waals surface area contributed by atoms with Gasteiger partial charge in [-0.15, -0.1) is 0 Å². The van der Waals surface area contributed by atoms with Crippen LogP contribution >= 0.6 is 23.2 Å². The highest BCUT2D eigenvalue weighted by molar-refractivity contribution is 6.34. The first-order valence-corrected chi connectivity index (χ1v) is 6.24. The minimum Gasteiger partial charge on any atom is -0.300 e. The molecule has 88 valence electrons. The molecular weight excluding hydrogens is 243 g/mol. The molecule has 0 amide bonds. The first-order chi connectivity index (χ1) is 7.52. The molecule has 0 aromatic heterocycles. The van der Waals surface area contributed by atoms with Gasteiger partial charge in [0.2, 0.25) is 0 Å². The van der Waals surface area contributed by atoms with Gasteiger partial charge in [0.05, 0.1) is 0 Å². The van der Waals surface area contributed by atoms with Crippen LogP contribution in [0.5, 0.6) is 0 Å². The van der Waals surface area contributed by atoms with Crippen LogP contribution in [0.1, 0.15) is 44.6 Å². The first-order valence-electron chi connectivity index (χ1n) is 5.48. The molecular formula is C13H16Cl2O. The highest BCUT2D eigenvalue weighted by atomic mass is 35.5. The highest BCUT2D eigenvalue weighted by Crippen LogP contribution is 2.29. The van der Waals surface area contributed by atoms with E-state index in [2.05, 4.69) is 6.92 Å². The zero-order valence-corrected chi connectivity index (χ0v) is 11.1. The fraction of sp³-hybridized carbons (Fsp3) is 0.462. The molecule has 0 aliphatic carbocycles. The number of hydrogen-bond donors (Lipinski definition) is 0. The molecule has 0 aliphatic rings. The normalized spacial score (nSPS) is 12.5. The molecule has 16 heavy (non-hydrogen) atoms. The van der Waals surface area contributed by atoms with Gasteiger partial charge in [0, 0.05) is 16.5 Å². The van der Waals surface area contributed by atoms with E-state index in [0.717, 1.165) is 18.4 Å². The van der Waals surface area contributed by atoms with E-state index >= 15 is 0 Å². The Hall–Kier alpha value is -0.530. The lowest BCUT2D eigenvalue weighted by molar-refractivity contribution is -0.117. The van der Waals surface area contributed by atoms with E-state index in [4.69, 9.17) is 23.2 Å². The second-order valence-electron chi connectivity index (χ2n) is 4.05. The monoisotopic (exact) mass is 258 g/mol. The van der Waals surface area contributed by atoms with Crippen molar-refractivity contribution in [2.24, 2.45) is 0 Å². The van der Waals surface area contributed by atoms with E-state index in [9.17, 15) is 4.79 Å². The second-order valence-corrected chi connectivity index (χ2v) is 4.92. The van der Waals surface area contributed by atoms with E-state index in [0.29, 0.717) is 22.4 Å². The molecule has 0 bridgehead atoms. The van der Waals surface area contributed by atoms with Gasteiger partial charge in [0.1, 0.15) is 5.78 Å². The van der Waals surface area contributed by atoms with Gasteiger partial charge in [0.25, 0.3) is 0 Å². The Morgan fingerprint density at radius 1 is 1.25 bits per heavy atom. The van der Waals surface area contributed by atoms with Gasteiger partial charge in [-0.2, -0.15) is 0 Å². The molecule has 1 unspecified atom stereocenters. The topological polar surface area (TPSA) is 17.1 Å². The van der Waals surface area contributed by atoms with Crippen molar-refractivity contribution < 1.29 is 4.79 Å². The summed E-state index contributed by atoms with van der Waals surface area (Å²) in [5, 5.41) is 1.31. The summed E-state index contributed by atoms with van der Waals surface area (Å²) in [7, 11) is 0. The van der Waals surface area contributed by atoms with Crippen molar-refractivity contribution in [3.8, 4) is 0 Å². The molecule has 0 aliphatic heterocycles. The van der Waals surface area contributed by atoms with Gasteiger partial charge < -0.3 is 4.79 Å². The van der Waals surface area contributed by atoms with E-state index in [1.807, 2.05) is 12.1 Å². The second kappa shape index (κ2) is 6.27. The van der Waals surface area contributed by atoms with Crippen LogP contribution in [-0.2, 0) is 4.79 Å². The van der Waals surface area contributed by atoms with Crippen molar-refractivity contribution in [2.75, 3.05) is 0 Å². The minimum absolute atomic E-state index is 0.228. The van der Waals surface area contributed by atoms with Crippen molar-refractivity contribution >= 4 is 29.0 Å². The van der Waals surface area contributed by atoms with Crippen LogP contribution in [0.2, 0.25) is 10.0 Å². The lowest BCUT2D eigenvalue weighted by Crippen LogP contribution is -2.01. The van der Waals surface area contributed by atoms with Crippen molar-refractivity contribution in [1.82, 2.24) is 0 Å². The van der Waals surface area contributed by atoms with Crippen molar-refractivity contribution in [3.63, 3.8) is 0 Å². The van der Waals surface area contributed by atoms with Crippen LogP contribution in [0.15, 0.2) is 18.2 Å². The fourth-order valence-corrected chi connectivity index (χ4v) is 2.34. The quantitative estimate of drug-likeness (QED) is 0.738. The molecule has 1 atom stereocenters. The van der Waals surface area contributed by atoms with Gasteiger partial charge in [-0.3, -0.25) is 0 Å². The van der Waals surface area contributed by atoms with Gasteiger partial charge in [-0.25, -0.2) is 0 Å². The smallest absolute Gasteiger partial charge is 0.129 e. The summed E-state index contributed by atoms with van der Waals surface area (Å²) >= 11 is 11.9. The zero-order chi connectivity index (χ0) is 12.1. The largest absolute Gasteiger partial charge is 0.300 e. The Kier molecular flexibility index (Phi) is 5.30. The van der Waals surface area contributed by atoms with Crippen LogP contribution in [0, 0.1) is 0 Å². The molecule has 0 fully saturated rings. The van der Waals surface area contributed by atoms with Crippen molar-refractivity contribution in [3.05, 3.63) is 33.8 Å². The Labute approximate surface area is 107 Å². The van der Waals surface area contributed by atoms with Crippen LogP contribution in [0.3, 0.4) is 0 Å². The number of carbonyl (C=O) groups excluding carboxylic acids is 1. The van der Waals surface area contributed by atoms with Gasteiger partial charge in [-0.1, -0.05) is 30.1 Å². The average Bonchev–Trinajstić information content (AvgIpc) is 2.16. The Morgan fingerprint density at radius 3 is 2.25 bits per heavy atom. The summed E-state index contributed by atoms with van der Waals surface area (Å²) in [4.78, 5) is 11.0. The molecule has 1 aromatic rings. The summed E-state index contributed by atoms with van der Waals surface area (Å²) in [5.41, 5.74) is 1.13. The third-order valence-corrected chi connectivity index (χ3v) is 3.13. The van der Waals surface area contributed by atoms with Crippen LogP contribution in [0.25, 0.3) is 0 Å². The molecule has 1 rings (SSSR count). The third kappa shape index (κ3) is 4.15. The maximum atomic E-state index is 11.0. The molecule has 1 nitrogen and oxygen atoms in total. The van der Waals surface area contributed by atoms with Crippen molar-refractivity contribution in [2.45, 2.75) is 39.0 Å². The summed E-state index contributed by atoms with van der Waals surface area (Å²) in [6, 6.07) is 5.59. The Bertz CT molecular complexity index is 354. The Morgan fingerprint density at radius 2 is 1.81 bits per heavy atom. The summed E-state index contributed by atoms with van der Waals surface area (Å²) < 4.78 is 0. The van der Waals surface area contributed by atoms with Crippen LogP contribution in [0.4, 0.5) is 0 Å². The van der Waals surface area contributed by atoms with Gasteiger partial charge in [-0.05, 0) is 49.4 Å². The number of hydrogen-bond acceptors (Lipinski definition) is 1. The predicted octanol–water partition coefficient (Wildman–Crippen LogP) is 4.86. The van der Waals surface area contributed by atoms with Crippen LogP contribution < -0.4 is 0 Å². The molecule has 0 spiro atoms. The van der Waals surface area contributed by atoms with E-state index in [-0.39, 0.29) is 5.78 Å². The van der Waals surface area contributed by atoms with E-state index in [1.54, 1.807) is 13.0 Å². The lowest BCUT2D eigenvalue weighted by atomic mass is 9.91. The van der Waals surface area contributed by atoms with Gasteiger partial charge in [0.15, 0.2) is 0 Å². The van der Waals surface area contributed by atoms with E-state index < -0.39 is 0 Å². The number of carbonyl (C=O) groups is 1. The maximum Gasteiger partial charge on any atom is 0.129 e. The third-order valence-electron chi connectivity index (χ3n) is 2.69. The number of benzene rings is 1. The lowest BCUT2D eigenvalue weighted by Gasteiger charge is -2.15. The molecule has 0 saturated heterocycles. The fourth-order valence-electron chi connectivity index (χ4n) is 1.79. The molecule has 0 saturated carbocycles. The number of Topliss-reactive ketones (excluding diaryl/α,β-unsaturated/α-hetero) is 1. The molecule has 0 radical (unpaired) electrons. The molecule has 0 N–H and O–H groups in total. The van der Waals surface area contributed by atoms with Crippen LogP contribution in [-0.4, -0.2) is 5.78 Å². The Balaban J connectivity index is 2.81. The number of halogens is 2. The van der Waals surface area contributed by atoms with E-state index in [1.165, 1.54) is 0 Å². The molecule has 1 aromatic carbocycles. The number of rotatable bonds is 5. The van der Waals surface area contributed by atoms with Gasteiger partial charge >= 0.3 is 0 Å². The highest BCUT2D eigenvalue weighted by Gasteiger charge is 2.11. The van der Waals surface area contributed by atoms with Crippen molar-refractivity contribution in [1.29, 1.82) is 0 Å². The number of ketones is 1. The maximum absolute atomic E-state index is 11.0. The summed E-state index contributed by atoms with van der Waals surface area (Å²) in [6.07, 6.45) is 2.47. The average molecular weight is 259 g/mol. The minimum atomic E-state index is 0.228.